The van der Waals surface area contributed by atoms with Crippen LogP contribution in [0.5, 0.6) is 11.5 Å². The van der Waals surface area contributed by atoms with Gasteiger partial charge in [-0.05, 0) is 61.9 Å². The zero-order valence-corrected chi connectivity index (χ0v) is 19.8. The predicted octanol–water partition coefficient (Wildman–Crippen LogP) is 6.49. The fourth-order valence-electron chi connectivity index (χ4n) is 4.06. The maximum Gasteiger partial charge on any atom is 0.161 e. The van der Waals surface area contributed by atoms with Gasteiger partial charge in [0.1, 0.15) is 12.8 Å². The van der Waals surface area contributed by atoms with E-state index in [1.54, 1.807) is 7.11 Å². The molecule has 0 fully saturated rings. The summed E-state index contributed by atoms with van der Waals surface area (Å²) in [6.07, 6.45) is -0.136. The van der Waals surface area contributed by atoms with Crippen LogP contribution in [0.4, 0.5) is 5.69 Å². The van der Waals surface area contributed by atoms with Gasteiger partial charge in [-0.2, -0.15) is 5.10 Å². The van der Waals surface area contributed by atoms with Gasteiger partial charge in [-0.15, -0.1) is 0 Å². The molecule has 4 aromatic rings. The molecule has 6 heteroatoms. The summed E-state index contributed by atoms with van der Waals surface area (Å²) in [6.45, 7) is 4.61. The van der Waals surface area contributed by atoms with E-state index in [9.17, 15) is 0 Å². The monoisotopic (exact) mass is 489 g/mol. The minimum atomic E-state index is -0.136. The van der Waals surface area contributed by atoms with Crippen molar-refractivity contribution >= 4 is 21.6 Å². The topological polar surface area (TPSA) is 48.3 Å². The summed E-state index contributed by atoms with van der Waals surface area (Å²) >= 11 is 3.46. The van der Waals surface area contributed by atoms with Crippen LogP contribution in [0.2, 0.25) is 0 Å². The van der Waals surface area contributed by atoms with E-state index >= 15 is 0 Å². The molecule has 2 heterocycles. The summed E-state index contributed by atoms with van der Waals surface area (Å²) in [5, 5.41) is 8.42. The molecule has 0 saturated heterocycles. The molecule has 1 N–H and O–H groups in total. The van der Waals surface area contributed by atoms with Crippen LogP contribution in [0.1, 0.15) is 28.6 Å². The third kappa shape index (κ3) is 3.86. The third-order valence-corrected chi connectivity index (χ3v) is 6.19. The molecule has 3 aromatic carbocycles. The van der Waals surface area contributed by atoms with Crippen LogP contribution in [-0.2, 0) is 6.61 Å². The number of fused-ring (bicyclic) bond motifs is 3. The molecule has 0 amide bonds. The number of rotatable bonds is 5. The minimum Gasteiger partial charge on any atom is -0.493 e. The van der Waals surface area contributed by atoms with Gasteiger partial charge < -0.3 is 14.8 Å². The van der Waals surface area contributed by atoms with E-state index in [0.29, 0.717) is 18.1 Å². The molecule has 5 nitrogen and oxygen atoms in total. The zero-order valence-electron chi connectivity index (χ0n) is 18.2. The number of anilines is 1. The molecule has 0 saturated carbocycles. The maximum atomic E-state index is 6.06. The van der Waals surface area contributed by atoms with Crippen molar-refractivity contribution in [2.45, 2.75) is 26.6 Å². The van der Waals surface area contributed by atoms with Crippen molar-refractivity contribution in [3.63, 3.8) is 0 Å². The molecule has 162 valence electrons. The Bertz CT molecular complexity index is 1280. The number of aryl methyl sites for hydroxylation is 2. The number of nitrogens with one attached hydrogen (secondary N) is 1. The first-order valence-corrected chi connectivity index (χ1v) is 11.3. The molecule has 0 spiro atoms. The number of benzene rings is 3. The quantitative estimate of drug-likeness (QED) is 0.348. The second-order valence-corrected chi connectivity index (χ2v) is 8.95. The van der Waals surface area contributed by atoms with E-state index in [4.69, 9.17) is 14.6 Å². The van der Waals surface area contributed by atoms with Gasteiger partial charge in [0.15, 0.2) is 11.5 Å². The Morgan fingerprint density at radius 3 is 2.56 bits per heavy atom. The van der Waals surface area contributed by atoms with Crippen molar-refractivity contribution in [1.82, 2.24) is 9.78 Å². The predicted molar refractivity (Wildman–Crippen MR) is 130 cm³/mol. The molecule has 5 rings (SSSR count). The smallest absolute Gasteiger partial charge is 0.161 e. The van der Waals surface area contributed by atoms with Gasteiger partial charge in [-0.3, -0.25) is 0 Å². The van der Waals surface area contributed by atoms with Gasteiger partial charge in [-0.25, -0.2) is 4.68 Å². The molecule has 1 aliphatic heterocycles. The minimum absolute atomic E-state index is 0.136. The van der Waals surface area contributed by atoms with Gasteiger partial charge in [0.2, 0.25) is 0 Å². The lowest BCUT2D eigenvalue weighted by molar-refractivity contribution is 0.284. The van der Waals surface area contributed by atoms with Gasteiger partial charge in [0.05, 0.1) is 18.5 Å². The molecule has 0 radical (unpaired) electrons. The highest BCUT2D eigenvalue weighted by atomic mass is 79.9. The van der Waals surface area contributed by atoms with Crippen LogP contribution in [0, 0.1) is 13.8 Å². The Morgan fingerprint density at radius 1 is 0.969 bits per heavy atom. The largest absolute Gasteiger partial charge is 0.493 e. The van der Waals surface area contributed by atoms with E-state index in [1.165, 1.54) is 11.1 Å². The first kappa shape index (κ1) is 20.6. The molecular formula is C26H24BrN3O2. The van der Waals surface area contributed by atoms with E-state index in [1.807, 2.05) is 48.0 Å². The molecule has 0 aliphatic carbocycles. The van der Waals surface area contributed by atoms with Crippen molar-refractivity contribution in [1.29, 1.82) is 0 Å². The molecule has 1 aromatic heterocycles. The lowest BCUT2D eigenvalue weighted by Gasteiger charge is -2.30. The van der Waals surface area contributed by atoms with Crippen molar-refractivity contribution in [3.8, 4) is 22.8 Å². The Kier molecular flexibility index (Phi) is 5.39. The molecule has 1 aliphatic rings. The summed E-state index contributed by atoms with van der Waals surface area (Å²) in [7, 11) is 1.67. The Hall–Kier alpha value is -3.25. The van der Waals surface area contributed by atoms with E-state index < -0.39 is 0 Å². The Labute approximate surface area is 196 Å². The first-order chi connectivity index (χ1) is 15.5. The van der Waals surface area contributed by atoms with E-state index in [-0.39, 0.29) is 6.17 Å². The Balaban J connectivity index is 1.46. The number of halogens is 1. The van der Waals surface area contributed by atoms with Crippen LogP contribution in [0.3, 0.4) is 0 Å². The van der Waals surface area contributed by atoms with Gasteiger partial charge >= 0.3 is 0 Å². The standard InChI is InChI=1S/C26H24BrN3O2/c1-16-4-10-22-21(12-16)23-13-17(2)29-30(23)26(28-22)19-7-11-24(25(14-19)31-3)32-15-18-5-8-20(27)9-6-18/h4-14,26,28H,15H2,1-3H3. The van der Waals surface area contributed by atoms with Crippen LogP contribution in [0.15, 0.2) is 71.2 Å². The summed E-state index contributed by atoms with van der Waals surface area (Å²) in [5.41, 5.74) is 7.74. The normalized spacial score (nSPS) is 14.3. The highest BCUT2D eigenvalue weighted by Gasteiger charge is 2.27. The molecule has 0 bridgehead atoms. The zero-order chi connectivity index (χ0) is 22.2. The number of hydrogen-bond donors (Lipinski definition) is 1. The average Bonchev–Trinajstić information content (AvgIpc) is 3.20. The van der Waals surface area contributed by atoms with Crippen LogP contribution < -0.4 is 14.8 Å². The first-order valence-electron chi connectivity index (χ1n) is 10.5. The SMILES string of the molecule is COc1cc(C2Nc3ccc(C)cc3-c3cc(C)nn32)ccc1OCc1ccc(Br)cc1. The van der Waals surface area contributed by atoms with Crippen molar-refractivity contribution < 1.29 is 9.47 Å². The fourth-order valence-corrected chi connectivity index (χ4v) is 4.32. The van der Waals surface area contributed by atoms with Gasteiger partial charge in [0, 0.05) is 21.3 Å². The van der Waals surface area contributed by atoms with Crippen molar-refractivity contribution in [2.24, 2.45) is 0 Å². The number of ether oxygens (including phenoxy) is 2. The van der Waals surface area contributed by atoms with Gasteiger partial charge in [-0.1, -0.05) is 45.8 Å². The molecular weight excluding hydrogens is 466 g/mol. The number of nitrogens with zero attached hydrogens (tertiary/aromatic N) is 2. The number of aromatic nitrogens is 2. The Morgan fingerprint density at radius 2 is 1.78 bits per heavy atom. The third-order valence-electron chi connectivity index (χ3n) is 5.66. The van der Waals surface area contributed by atoms with Crippen LogP contribution in [0.25, 0.3) is 11.3 Å². The summed E-state index contributed by atoms with van der Waals surface area (Å²) < 4.78 is 14.8. The second-order valence-electron chi connectivity index (χ2n) is 8.04. The van der Waals surface area contributed by atoms with E-state index in [0.717, 1.165) is 32.7 Å². The molecule has 1 atom stereocenters. The average molecular weight is 490 g/mol. The lowest BCUT2D eigenvalue weighted by atomic mass is 10.0. The van der Waals surface area contributed by atoms with Gasteiger partial charge in [0.25, 0.3) is 0 Å². The number of hydrogen-bond acceptors (Lipinski definition) is 4. The maximum absolute atomic E-state index is 6.06. The lowest BCUT2D eigenvalue weighted by Crippen LogP contribution is -2.25. The second kappa shape index (κ2) is 8.36. The summed E-state index contributed by atoms with van der Waals surface area (Å²) in [4.78, 5) is 0. The molecule has 1 unspecified atom stereocenters. The van der Waals surface area contributed by atoms with Crippen LogP contribution in [-0.4, -0.2) is 16.9 Å². The molecule has 32 heavy (non-hydrogen) atoms. The summed E-state index contributed by atoms with van der Waals surface area (Å²) in [6, 6.07) is 22.8. The van der Waals surface area contributed by atoms with Crippen molar-refractivity contribution in [2.75, 3.05) is 12.4 Å². The number of methoxy groups -OCH3 is 1. The van der Waals surface area contributed by atoms with Crippen molar-refractivity contribution in [3.05, 3.63) is 93.6 Å². The fraction of sp³-hybridized carbons (Fsp3) is 0.192. The van der Waals surface area contributed by atoms with E-state index in [2.05, 4.69) is 58.5 Å². The van der Waals surface area contributed by atoms with Crippen LogP contribution >= 0.6 is 15.9 Å². The summed E-state index contributed by atoms with van der Waals surface area (Å²) in [5.74, 6) is 1.41. The highest BCUT2D eigenvalue weighted by Crippen LogP contribution is 2.40. The highest BCUT2D eigenvalue weighted by molar-refractivity contribution is 9.10.